The van der Waals surface area contributed by atoms with E-state index in [-0.39, 0.29) is 28.0 Å². The molecule has 0 saturated carbocycles. The van der Waals surface area contributed by atoms with Gasteiger partial charge in [0.1, 0.15) is 22.5 Å². The number of benzene rings is 2. The van der Waals surface area contributed by atoms with Crippen LogP contribution in [0.25, 0.3) is 22.3 Å². The van der Waals surface area contributed by atoms with Crippen molar-refractivity contribution in [1.82, 2.24) is 0 Å². The van der Waals surface area contributed by atoms with Gasteiger partial charge in [-0.3, -0.25) is 4.79 Å². The Morgan fingerprint density at radius 2 is 1.77 bits per heavy atom. The van der Waals surface area contributed by atoms with Gasteiger partial charge >= 0.3 is 5.97 Å². The fourth-order valence-electron chi connectivity index (χ4n) is 2.34. The first-order valence-corrected chi connectivity index (χ1v) is 7.13. The third-order valence-electron chi connectivity index (χ3n) is 3.50. The van der Waals surface area contributed by atoms with Crippen molar-refractivity contribution < 1.29 is 38.8 Å². The van der Waals surface area contributed by atoms with Gasteiger partial charge in [-0.1, -0.05) is 0 Å². The van der Waals surface area contributed by atoms with E-state index in [4.69, 9.17) is 4.42 Å². The van der Waals surface area contributed by atoms with Crippen LogP contribution in [-0.2, 0) is 4.79 Å². The van der Waals surface area contributed by atoms with Crippen LogP contribution in [0.3, 0.4) is 0 Å². The van der Waals surface area contributed by atoms with Crippen LogP contribution >= 0.6 is 0 Å². The molecule has 1 heterocycles. The molecule has 0 bridgehead atoms. The predicted octanol–water partition coefficient (Wildman–Crippen LogP) is 2.16. The van der Waals surface area contributed by atoms with Gasteiger partial charge in [0.2, 0.25) is 11.2 Å². The Hall–Kier alpha value is -3.75. The lowest BCUT2D eigenvalue weighted by molar-refractivity contribution is -0.135. The smallest absolute Gasteiger partial charge is 0.342 e. The summed E-state index contributed by atoms with van der Waals surface area (Å²) in [7, 11) is 0. The van der Waals surface area contributed by atoms with Crippen LogP contribution in [0.1, 0.15) is 0 Å². The Bertz CT molecular complexity index is 1090. The molecule has 9 heteroatoms. The highest BCUT2D eigenvalue weighted by molar-refractivity contribution is 5.89. The molecular weight excluding hydrogens is 351 g/mol. The number of phenols is 3. The van der Waals surface area contributed by atoms with Gasteiger partial charge in [0.25, 0.3) is 0 Å². The topological polar surface area (TPSA) is 137 Å². The second kappa shape index (κ2) is 6.28. The lowest BCUT2D eigenvalue weighted by Gasteiger charge is -2.09. The van der Waals surface area contributed by atoms with Crippen molar-refractivity contribution in [3.8, 4) is 40.1 Å². The molecule has 2 aromatic carbocycles. The van der Waals surface area contributed by atoms with Crippen molar-refractivity contribution in [2.75, 3.05) is 6.67 Å². The molecule has 0 aliphatic carbocycles. The molecule has 0 amide bonds. The van der Waals surface area contributed by atoms with Crippen LogP contribution in [0.15, 0.2) is 39.5 Å². The van der Waals surface area contributed by atoms with Crippen LogP contribution in [0, 0.1) is 0 Å². The van der Waals surface area contributed by atoms with Gasteiger partial charge in [-0.15, -0.1) is 0 Å². The molecule has 0 spiro atoms. The number of hydrogen-bond acceptors (Lipinski definition) is 8. The minimum atomic E-state index is -1.39. The molecule has 1 aromatic heterocycles. The van der Waals surface area contributed by atoms with Crippen molar-refractivity contribution in [2.45, 2.75) is 0 Å². The summed E-state index contributed by atoms with van der Waals surface area (Å²) in [5.41, 5.74) is -1.17. The number of fused-ring (bicyclic) bond motifs is 1. The van der Waals surface area contributed by atoms with E-state index >= 15 is 0 Å². The van der Waals surface area contributed by atoms with Gasteiger partial charge in [0.05, 0.1) is 0 Å². The maximum atomic E-state index is 12.3. The summed E-state index contributed by atoms with van der Waals surface area (Å²) >= 11 is 0. The number of halogens is 1. The number of carbonyl (C=O) groups excluding carboxylic acids is 1. The Balaban J connectivity index is 2.25. The highest BCUT2D eigenvalue weighted by Crippen LogP contribution is 2.37. The van der Waals surface area contributed by atoms with E-state index in [2.05, 4.69) is 4.74 Å². The SMILES string of the molecule is O=C(CF)Oc1cc(O)c2c(=O)c(O)c(-c3ccc(O)c(O)c3)oc2c1. The van der Waals surface area contributed by atoms with Crippen LogP contribution < -0.4 is 10.2 Å². The lowest BCUT2D eigenvalue weighted by atomic mass is 10.1. The molecule has 0 unspecified atom stereocenters. The number of ether oxygens (including phenoxy) is 1. The van der Waals surface area contributed by atoms with E-state index < -0.39 is 41.1 Å². The van der Waals surface area contributed by atoms with Crippen molar-refractivity contribution in [3.63, 3.8) is 0 Å². The molecule has 0 fully saturated rings. The van der Waals surface area contributed by atoms with Gasteiger partial charge < -0.3 is 29.6 Å². The van der Waals surface area contributed by atoms with Crippen molar-refractivity contribution in [2.24, 2.45) is 0 Å². The zero-order valence-electron chi connectivity index (χ0n) is 12.9. The van der Waals surface area contributed by atoms with E-state index in [1.54, 1.807) is 0 Å². The summed E-state index contributed by atoms with van der Waals surface area (Å²) in [4.78, 5) is 23.4. The molecule has 26 heavy (non-hydrogen) atoms. The number of carbonyl (C=O) groups is 1. The Morgan fingerprint density at radius 1 is 1.04 bits per heavy atom. The van der Waals surface area contributed by atoms with Crippen LogP contribution in [0.2, 0.25) is 0 Å². The molecule has 4 N–H and O–H groups in total. The Labute approximate surface area is 143 Å². The van der Waals surface area contributed by atoms with E-state index in [0.29, 0.717) is 0 Å². The standard InChI is InChI=1S/C17H11FO8/c18-6-13(22)25-8-4-11(21)14-12(5-8)26-17(16(24)15(14)23)7-1-2-9(19)10(20)3-7/h1-5,19-21,24H,6H2. The molecule has 8 nitrogen and oxygen atoms in total. The van der Waals surface area contributed by atoms with Gasteiger partial charge in [-0.2, -0.15) is 0 Å². The molecule has 0 aliphatic heterocycles. The molecule has 0 atom stereocenters. The van der Waals surface area contributed by atoms with Gasteiger partial charge in [0.15, 0.2) is 23.9 Å². The molecule has 0 radical (unpaired) electrons. The summed E-state index contributed by atoms with van der Waals surface area (Å²) < 4.78 is 22.3. The lowest BCUT2D eigenvalue weighted by Crippen LogP contribution is -2.10. The van der Waals surface area contributed by atoms with E-state index in [1.165, 1.54) is 6.07 Å². The van der Waals surface area contributed by atoms with Crippen molar-refractivity contribution in [1.29, 1.82) is 0 Å². The quantitative estimate of drug-likeness (QED) is 0.316. The first-order valence-electron chi connectivity index (χ1n) is 7.13. The third kappa shape index (κ3) is 2.86. The average Bonchev–Trinajstić information content (AvgIpc) is 2.60. The largest absolute Gasteiger partial charge is 0.507 e. The van der Waals surface area contributed by atoms with E-state index in [0.717, 1.165) is 24.3 Å². The second-order valence-electron chi connectivity index (χ2n) is 5.24. The Morgan fingerprint density at radius 3 is 2.42 bits per heavy atom. The molecule has 0 aliphatic rings. The molecule has 3 aromatic rings. The summed E-state index contributed by atoms with van der Waals surface area (Å²) in [6.07, 6.45) is 0. The number of phenolic OH excluding ortho intramolecular Hbond substituents is 3. The number of alkyl halides is 1. The summed E-state index contributed by atoms with van der Waals surface area (Å²) in [5, 5.41) is 38.6. The highest BCUT2D eigenvalue weighted by Gasteiger charge is 2.20. The zero-order valence-corrected chi connectivity index (χ0v) is 12.9. The van der Waals surface area contributed by atoms with Crippen molar-refractivity contribution in [3.05, 3.63) is 40.6 Å². The van der Waals surface area contributed by atoms with Crippen molar-refractivity contribution >= 4 is 16.9 Å². The van der Waals surface area contributed by atoms with E-state index in [9.17, 15) is 34.4 Å². The van der Waals surface area contributed by atoms with Gasteiger partial charge in [0, 0.05) is 17.7 Å². The number of rotatable bonds is 3. The summed E-state index contributed by atoms with van der Waals surface area (Å²) in [6, 6.07) is 5.40. The zero-order chi connectivity index (χ0) is 19.0. The normalized spacial score (nSPS) is 10.8. The monoisotopic (exact) mass is 362 g/mol. The predicted molar refractivity (Wildman–Crippen MR) is 86.2 cm³/mol. The number of hydrogen-bond donors (Lipinski definition) is 4. The first kappa shape index (κ1) is 17.1. The summed E-state index contributed by atoms with van der Waals surface area (Å²) in [5.74, 6) is -4.27. The van der Waals surface area contributed by atoms with E-state index in [1.807, 2.05) is 0 Å². The maximum Gasteiger partial charge on any atom is 0.342 e. The number of esters is 1. The Kier molecular flexibility index (Phi) is 4.13. The van der Waals surface area contributed by atoms with Gasteiger partial charge in [-0.25, -0.2) is 9.18 Å². The molecule has 0 saturated heterocycles. The fraction of sp³-hybridized carbons (Fsp3) is 0.0588. The number of aromatic hydroxyl groups is 4. The third-order valence-corrected chi connectivity index (χ3v) is 3.50. The minimum absolute atomic E-state index is 0.0578. The van der Waals surface area contributed by atoms with Crippen LogP contribution in [0.5, 0.6) is 28.7 Å². The molecule has 3 rings (SSSR count). The second-order valence-corrected chi connectivity index (χ2v) is 5.24. The van der Waals surface area contributed by atoms with Crippen LogP contribution in [0.4, 0.5) is 4.39 Å². The molecular formula is C17H11FO8. The first-order chi connectivity index (χ1) is 12.3. The minimum Gasteiger partial charge on any atom is -0.507 e. The van der Waals surface area contributed by atoms with Crippen LogP contribution in [-0.4, -0.2) is 33.1 Å². The fourth-order valence-corrected chi connectivity index (χ4v) is 2.34. The maximum absolute atomic E-state index is 12.3. The highest BCUT2D eigenvalue weighted by atomic mass is 19.1. The summed E-state index contributed by atoms with van der Waals surface area (Å²) in [6.45, 7) is -1.39. The molecule has 134 valence electrons. The van der Waals surface area contributed by atoms with Gasteiger partial charge in [-0.05, 0) is 18.2 Å². The average molecular weight is 362 g/mol.